The summed E-state index contributed by atoms with van der Waals surface area (Å²) >= 11 is 0. The lowest BCUT2D eigenvalue weighted by Gasteiger charge is -2.00. The Morgan fingerprint density at radius 3 is 2.61 bits per heavy atom. The molecule has 4 nitrogen and oxygen atoms in total. The standard InChI is InChI=1S/C14H16N2O2/c1-8-5-6-9(2)12-11(8)10(7-15-3)13(16-12)14(17)18-4/h5-7,16H,1-4H3. The third-order valence-electron chi connectivity index (χ3n) is 3.06. The summed E-state index contributed by atoms with van der Waals surface area (Å²) in [5.74, 6) is -0.375. The number of aromatic amines is 1. The van der Waals surface area contributed by atoms with Crippen molar-refractivity contribution in [2.45, 2.75) is 13.8 Å². The molecule has 0 amide bonds. The van der Waals surface area contributed by atoms with E-state index in [-0.39, 0.29) is 5.97 Å². The number of aryl methyl sites for hydroxylation is 2. The number of aliphatic imine (C=N–C) groups is 1. The predicted molar refractivity (Wildman–Crippen MR) is 72.6 cm³/mol. The number of hydrogen-bond acceptors (Lipinski definition) is 3. The van der Waals surface area contributed by atoms with Gasteiger partial charge in [0.05, 0.1) is 7.11 Å². The lowest BCUT2D eigenvalue weighted by molar-refractivity contribution is 0.0595. The molecule has 0 saturated carbocycles. The number of methoxy groups -OCH3 is 1. The second-order valence-corrected chi connectivity index (χ2v) is 4.24. The molecule has 0 radical (unpaired) electrons. The van der Waals surface area contributed by atoms with Gasteiger partial charge in [0.25, 0.3) is 0 Å². The van der Waals surface area contributed by atoms with Gasteiger partial charge in [-0.05, 0) is 25.0 Å². The van der Waals surface area contributed by atoms with E-state index in [1.807, 2.05) is 26.0 Å². The lowest BCUT2D eigenvalue weighted by atomic mass is 10.0. The van der Waals surface area contributed by atoms with E-state index in [1.54, 1.807) is 13.3 Å². The monoisotopic (exact) mass is 244 g/mol. The Hall–Kier alpha value is -2.10. The number of aromatic nitrogens is 1. The fourth-order valence-electron chi connectivity index (χ4n) is 2.16. The lowest BCUT2D eigenvalue weighted by Crippen LogP contribution is -2.04. The highest BCUT2D eigenvalue weighted by molar-refractivity contribution is 6.10. The Morgan fingerprint density at radius 1 is 1.33 bits per heavy atom. The number of fused-ring (bicyclic) bond motifs is 1. The van der Waals surface area contributed by atoms with Gasteiger partial charge < -0.3 is 9.72 Å². The number of nitrogens with zero attached hydrogens (tertiary/aromatic N) is 1. The summed E-state index contributed by atoms with van der Waals surface area (Å²) in [4.78, 5) is 19.0. The maximum Gasteiger partial charge on any atom is 0.355 e. The zero-order chi connectivity index (χ0) is 13.3. The number of ether oxygens (including phenoxy) is 1. The highest BCUT2D eigenvalue weighted by Crippen LogP contribution is 2.27. The Balaban J connectivity index is 2.88. The van der Waals surface area contributed by atoms with E-state index in [4.69, 9.17) is 4.74 Å². The third kappa shape index (κ3) is 1.79. The Labute approximate surface area is 106 Å². The Bertz CT molecular complexity index is 639. The quantitative estimate of drug-likeness (QED) is 0.652. The van der Waals surface area contributed by atoms with Gasteiger partial charge in [0.1, 0.15) is 5.69 Å². The smallest absolute Gasteiger partial charge is 0.355 e. The van der Waals surface area contributed by atoms with E-state index in [0.29, 0.717) is 5.69 Å². The molecule has 94 valence electrons. The van der Waals surface area contributed by atoms with Crippen molar-refractivity contribution in [1.82, 2.24) is 4.98 Å². The molecule has 18 heavy (non-hydrogen) atoms. The average Bonchev–Trinajstić information content (AvgIpc) is 2.74. The topological polar surface area (TPSA) is 54.4 Å². The molecule has 0 aliphatic heterocycles. The van der Waals surface area contributed by atoms with Crippen molar-refractivity contribution in [3.63, 3.8) is 0 Å². The Kier molecular flexibility index (Phi) is 3.19. The third-order valence-corrected chi connectivity index (χ3v) is 3.06. The van der Waals surface area contributed by atoms with Crippen LogP contribution in [0.1, 0.15) is 27.2 Å². The van der Waals surface area contributed by atoms with Crippen LogP contribution in [-0.4, -0.2) is 31.3 Å². The van der Waals surface area contributed by atoms with Crippen LogP contribution in [0.4, 0.5) is 0 Å². The first-order chi connectivity index (χ1) is 8.60. The molecular weight excluding hydrogens is 228 g/mol. The molecule has 0 unspecified atom stereocenters. The van der Waals surface area contributed by atoms with Gasteiger partial charge in [-0.1, -0.05) is 12.1 Å². The molecule has 0 bridgehead atoms. The molecule has 4 heteroatoms. The van der Waals surface area contributed by atoms with Crippen molar-refractivity contribution in [2.75, 3.05) is 14.2 Å². The zero-order valence-electron chi connectivity index (χ0n) is 11.0. The summed E-state index contributed by atoms with van der Waals surface area (Å²) in [6.45, 7) is 4.02. The van der Waals surface area contributed by atoms with Crippen molar-refractivity contribution < 1.29 is 9.53 Å². The van der Waals surface area contributed by atoms with Gasteiger partial charge in [-0.2, -0.15) is 0 Å². The number of carbonyl (C=O) groups is 1. The molecule has 0 fully saturated rings. The van der Waals surface area contributed by atoms with Gasteiger partial charge in [-0.3, -0.25) is 4.99 Å². The second-order valence-electron chi connectivity index (χ2n) is 4.24. The molecule has 0 aliphatic rings. The summed E-state index contributed by atoms with van der Waals surface area (Å²) < 4.78 is 4.80. The molecule has 1 N–H and O–H groups in total. The zero-order valence-corrected chi connectivity index (χ0v) is 11.0. The van der Waals surface area contributed by atoms with E-state index in [2.05, 4.69) is 9.98 Å². The molecule has 0 spiro atoms. The van der Waals surface area contributed by atoms with Crippen LogP contribution in [0.3, 0.4) is 0 Å². The van der Waals surface area contributed by atoms with Gasteiger partial charge in [-0.15, -0.1) is 0 Å². The molecule has 0 atom stereocenters. The van der Waals surface area contributed by atoms with E-state index < -0.39 is 0 Å². The largest absolute Gasteiger partial charge is 0.464 e. The van der Waals surface area contributed by atoms with Gasteiger partial charge in [0.15, 0.2) is 0 Å². The van der Waals surface area contributed by atoms with Crippen LogP contribution in [0.2, 0.25) is 0 Å². The molecular formula is C14H16N2O2. The fourth-order valence-corrected chi connectivity index (χ4v) is 2.16. The molecule has 1 heterocycles. The van der Waals surface area contributed by atoms with Crippen LogP contribution in [0.5, 0.6) is 0 Å². The van der Waals surface area contributed by atoms with Crippen LogP contribution < -0.4 is 0 Å². The molecule has 0 aliphatic carbocycles. The fraction of sp³-hybridized carbons (Fsp3) is 0.286. The van der Waals surface area contributed by atoms with Crippen LogP contribution in [-0.2, 0) is 4.74 Å². The van der Waals surface area contributed by atoms with Crippen molar-refractivity contribution in [1.29, 1.82) is 0 Å². The summed E-state index contributed by atoms with van der Waals surface area (Å²) in [6, 6.07) is 4.07. The minimum atomic E-state index is -0.375. The summed E-state index contributed by atoms with van der Waals surface area (Å²) in [7, 11) is 3.06. The minimum absolute atomic E-state index is 0.375. The number of hydrogen-bond donors (Lipinski definition) is 1. The van der Waals surface area contributed by atoms with Crippen molar-refractivity contribution in [2.24, 2.45) is 4.99 Å². The average molecular weight is 244 g/mol. The number of esters is 1. The van der Waals surface area contributed by atoms with Gasteiger partial charge in [-0.25, -0.2) is 4.79 Å². The van der Waals surface area contributed by atoms with Crippen LogP contribution in [0.15, 0.2) is 17.1 Å². The Morgan fingerprint density at radius 2 is 2.00 bits per heavy atom. The molecule has 2 aromatic rings. The van der Waals surface area contributed by atoms with Crippen molar-refractivity contribution in [3.8, 4) is 0 Å². The molecule has 1 aromatic carbocycles. The van der Waals surface area contributed by atoms with E-state index in [9.17, 15) is 4.79 Å². The number of H-pyrrole nitrogens is 1. The van der Waals surface area contributed by atoms with Crippen LogP contribution in [0.25, 0.3) is 10.9 Å². The second kappa shape index (κ2) is 4.64. The van der Waals surface area contributed by atoms with E-state index >= 15 is 0 Å². The maximum atomic E-state index is 11.8. The van der Waals surface area contributed by atoms with Crippen molar-refractivity contribution in [3.05, 3.63) is 34.5 Å². The van der Waals surface area contributed by atoms with Gasteiger partial charge in [0.2, 0.25) is 0 Å². The minimum Gasteiger partial charge on any atom is -0.464 e. The van der Waals surface area contributed by atoms with Crippen LogP contribution in [0, 0.1) is 13.8 Å². The van der Waals surface area contributed by atoms with Gasteiger partial charge >= 0.3 is 5.97 Å². The normalized spacial score (nSPS) is 11.3. The summed E-state index contributed by atoms with van der Waals surface area (Å²) in [6.07, 6.45) is 1.69. The van der Waals surface area contributed by atoms with E-state index in [1.165, 1.54) is 7.11 Å². The SMILES string of the molecule is CN=Cc1c(C(=O)OC)[nH]c2c(C)ccc(C)c12. The maximum absolute atomic E-state index is 11.8. The molecule has 0 saturated heterocycles. The summed E-state index contributed by atoms with van der Waals surface area (Å²) in [5, 5.41) is 1.03. The first-order valence-electron chi connectivity index (χ1n) is 5.72. The van der Waals surface area contributed by atoms with Crippen LogP contribution >= 0.6 is 0 Å². The summed E-state index contributed by atoms with van der Waals surface area (Å²) in [5.41, 5.74) is 4.41. The first kappa shape index (κ1) is 12.4. The number of carbonyl (C=O) groups excluding carboxylic acids is 1. The first-order valence-corrected chi connectivity index (χ1v) is 5.72. The highest BCUT2D eigenvalue weighted by atomic mass is 16.5. The van der Waals surface area contributed by atoms with Gasteiger partial charge in [0, 0.05) is 29.7 Å². The highest BCUT2D eigenvalue weighted by Gasteiger charge is 2.19. The molecule has 1 aromatic heterocycles. The number of benzene rings is 1. The molecule has 2 rings (SSSR count). The van der Waals surface area contributed by atoms with E-state index in [0.717, 1.165) is 27.6 Å². The van der Waals surface area contributed by atoms with Crippen molar-refractivity contribution >= 4 is 23.1 Å². The number of nitrogens with one attached hydrogen (secondary N) is 1. The number of rotatable bonds is 2. The predicted octanol–water partition coefficient (Wildman–Crippen LogP) is 2.62.